The molecule has 0 unspecified atom stereocenters. The molecule has 0 fully saturated rings. The third-order valence-corrected chi connectivity index (χ3v) is 3.73. The van der Waals surface area contributed by atoms with Gasteiger partial charge in [-0.2, -0.15) is 12.6 Å². The van der Waals surface area contributed by atoms with Crippen LogP contribution < -0.4 is 15.9 Å². The number of nitrogens with one attached hydrogen (secondary N) is 1. The number of hydrogen-bond donors (Lipinski definition) is 2. The summed E-state index contributed by atoms with van der Waals surface area (Å²) in [6.07, 6.45) is 13.1. The molecule has 1 heterocycles. The summed E-state index contributed by atoms with van der Waals surface area (Å²) in [6.45, 7) is 0. The van der Waals surface area contributed by atoms with Crippen LogP contribution in [0, 0.1) is 0 Å². The lowest BCUT2D eigenvalue weighted by atomic mass is 10.1. The monoisotopic (exact) mass is 290 g/mol. The molecule has 1 N–H and O–H groups in total. The topological polar surface area (TPSA) is 42.0 Å². The smallest absolute Gasteiger partial charge is 0.224 e. The molecular weight excluding hydrogens is 268 g/mol. The Morgan fingerprint density at radius 3 is 2.85 bits per heavy atom. The number of carbonyl (C=O) groups excluding carboxylic acids is 1. The zero-order valence-electron chi connectivity index (χ0n) is 11.8. The number of nitrogens with zero attached hydrogens (tertiary/aromatic N) is 1. The lowest BCUT2D eigenvalue weighted by Gasteiger charge is -2.06. The van der Waals surface area contributed by atoms with E-state index in [0.717, 1.165) is 60.5 Å². The van der Waals surface area contributed by atoms with Gasteiger partial charge in [0.2, 0.25) is 5.91 Å². The van der Waals surface area contributed by atoms with Crippen molar-refractivity contribution in [2.24, 2.45) is 0 Å². The van der Waals surface area contributed by atoms with Crippen molar-refractivity contribution in [1.29, 1.82) is 0 Å². The van der Waals surface area contributed by atoms with Gasteiger partial charge in [-0.05, 0) is 42.7 Å². The average Bonchev–Trinajstić information content (AvgIpc) is 2.47. The van der Waals surface area contributed by atoms with E-state index in [1.54, 1.807) is 6.20 Å². The Hall–Kier alpha value is -1.29. The van der Waals surface area contributed by atoms with Crippen LogP contribution in [0.5, 0.6) is 0 Å². The normalized spacial score (nSPS) is 13.1. The quantitative estimate of drug-likeness (QED) is 0.597. The van der Waals surface area contributed by atoms with E-state index in [-0.39, 0.29) is 5.91 Å². The molecule has 20 heavy (non-hydrogen) atoms. The molecule has 2 rings (SSSR count). The Morgan fingerprint density at radius 2 is 2.00 bits per heavy atom. The highest BCUT2D eigenvalue weighted by Crippen LogP contribution is 2.07. The number of fused-ring (bicyclic) bond motifs is 1. The van der Waals surface area contributed by atoms with Crippen LogP contribution in [-0.4, -0.2) is 16.6 Å². The minimum absolute atomic E-state index is 0.0809. The zero-order chi connectivity index (χ0) is 14.2. The molecule has 0 saturated heterocycles. The van der Waals surface area contributed by atoms with E-state index in [1.165, 1.54) is 0 Å². The van der Waals surface area contributed by atoms with Gasteiger partial charge in [0.25, 0.3) is 0 Å². The Morgan fingerprint density at radius 1 is 1.20 bits per heavy atom. The van der Waals surface area contributed by atoms with Crippen molar-refractivity contribution in [3.05, 3.63) is 22.8 Å². The SMILES string of the molecule is O=C(CCCCCCS)Nc1cnc2c(c1)=CCCC=2. The Labute approximate surface area is 125 Å². The number of thiol groups is 1. The largest absolute Gasteiger partial charge is 0.325 e. The molecule has 1 amide bonds. The van der Waals surface area contributed by atoms with Gasteiger partial charge in [-0.1, -0.05) is 25.0 Å². The van der Waals surface area contributed by atoms with E-state index in [9.17, 15) is 4.79 Å². The minimum atomic E-state index is 0.0809. The maximum Gasteiger partial charge on any atom is 0.224 e. The molecule has 3 nitrogen and oxygen atoms in total. The van der Waals surface area contributed by atoms with E-state index in [2.05, 4.69) is 35.1 Å². The number of rotatable bonds is 7. The zero-order valence-corrected chi connectivity index (χ0v) is 12.7. The van der Waals surface area contributed by atoms with Crippen LogP contribution in [0.15, 0.2) is 12.3 Å². The van der Waals surface area contributed by atoms with E-state index in [0.29, 0.717) is 6.42 Å². The molecule has 0 aromatic carbocycles. The van der Waals surface area contributed by atoms with Gasteiger partial charge in [-0.3, -0.25) is 9.78 Å². The molecule has 0 atom stereocenters. The van der Waals surface area contributed by atoms with Crippen molar-refractivity contribution in [1.82, 2.24) is 4.98 Å². The fourth-order valence-corrected chi connectivity index (χ4v) is 2.55. The van der Waals surface area contributed by atoms with E-state index in [1.807, 2.05) is 6.07 Å². The van der Waals surface area contributed by atoms with E-state index in [4.69, 9.17) is 0 Å². The van der Waals surface area contributed by atoms with Crippen molar-refractivity contribution >= 4 is 36.4 Å². The van der Waals surface area contributed by atoms with Crippen LogP contribution in [0.4, 0.5) is 5.69 Å². The van der Waals surface area contributed by atoms with Gasteiger partial charge in [-0.25, -0.2) is 0 Å². The first-order valence-corrected chi connectivity index (χ1v) is 8.00. The van der Waals surface area contributed by atoms with Crippen LogP contribution in [0.3, 0.4) is 0 Å². The average molecular weight is 290 g/mol. The lowest BCUT2D eigenvalue weighted by Crippen LogP contribution is -2.30. The molecule has 0 radical (unpaired) electrons. The summed E-state index contributed by atoms with van der Waals surface area (Å²) in [7, 11) is 0. The molecule has 1 aromatic heterocycles. The van der Waals surface area contributed by atoms with Crippen molar-refractivity contribution in [2.45, 2.75) is 44.9 Å². The predicted molar refractivity (Wildman–Crippen MR) is 87.2 cm³/mol. The number of pyridine rings is 1. The second-order valence-electron chi connectivity index (χ2n) is 5.12. The fourth-order valence-electron chi connectivity index (χ4n) is 2.33. The van der Waals surface area contributed by atoms with Crippen LogP contribution in [0.25, 0.3) is 12.2 Å². The maximum absolute atomic E-state index is 11.8. The number of unbranched alkanes of at least 4 members (excludes halogenated alkanes) is 3. The first kappa shape index (κ1) is 15.1. The highest BCUT2D eigenvalue weighted by atomic mass is 32.1. The first-order chi connectivity index (χ1) is 9.79. The predicted octanol–water partition coefficient (Wildman–Crippen LogP) is 2.26. The molecule has 1 aliphatic carbocycles. The van der Waals surface area contributed by atoms with Crippen LogP contribution in [0.2, 0.25) is 0 Å². The van der Waals surface area contributed by atoms with Crippen molar-refractivity contribution < 1.29 is 4.79 Å². The van der Waals surface area contributed by atoms with Gasteiger partial charge < -0.3 is 5.32 Å². The van der Waals surface area contributed by atoms with Gasteiger partial charge in [0.15, 0.2) is 0 Å². The van der Waals surface area contributed by atoms with Gasteiger partial charge >= 0.3 is 0 Å². The summed E-state index contributed by atoms with van der Waals surface area (Å²) < 4.78 is 0. The molecule has 0 spiro atoms. The van der Waals surface area contributed by atoms with Gasteiger partial charge in [0, 0.05) is 6.42 Å². The molecule has 1 aliphatic rings. The highest BCUT2D eigenvalue weighted by molar-refractivity contribution is 7.80. The Kier molecular flexibility index (Phi) is 6.12. The number of anilines is 1. The van der Waals surface area contributed by atoms with Gasteiger partial charge in [-0.15, -0.1) is 0 Å². The summed E-state index contributed by atoms with van der Waals surface area (Å²) in [6, 6.07) is 2.01. The van der Waals surface area contributed by atoms with Crippen LogP contribution in [0.1, 0.15) is 44.9 Å². The summed E-state index contributed by atoms with van der Waals surface area (Å²) in [5.74, 6) is 1.01. The summed E-state index contributed by atoms with van der Waals surface area (Å²) in [5, 5.41) is 5.09. The number of hydrogen-bond acceptors (Lipinski definition) is 3. The molecule has 0 saturated carbocycles. The van der Waals surface area contributed by atoms with Gasteiger partial charge in [0.1, 0.15) is 0 Å². The Bertz CT molecular complexity index is 568. The molecule has 4 heteroatoms. The maximum atomic E-state index is 11.8. The fraction of sp³-hybridized carbons (Fsp3) is 0.500. The summed E-state index contributed by atoms with van der Waals surface area (Å²) in [4.78, 5) is 16.2. The van der Waals surface area contributed by atoms with Crippen molar-refractivity contribution in [2.75, 3.05) is 11.1 Å². The van der Waals surface area contributed by atoms with Crippen molar-refractivity contribution in [3.8, 4) is 0 Å². The number of amides is 1. The molecule has 108 valence electrons. The lowest BCUT2D eigenvalue weighted by molar-refractivity contribution is -0.116. The number of aromatic nitrogens is 1. The molecule has 1 aromatic rings. The summed E-state index contributed by atoms with van der Waals surface area (Å²) in [5.41, 5.74) is 0.802. The molecule has 0 bridgehead atoms. The molecular formula is C16H22N2OS. The first-order valence-electron chi connectivity index (χ1n) is 7.37. The minimum Gasteiger partial charge on any atom is -0.325 e. The molecule has 0 aliphatic heterocycles. The van der Waals surface area contributed by atoms with Gasteiger partial charge in [0.05, 0.1) is 17.2 Å². The number of carbonyl (C=O) groups is 1. The third kappa shape index (κ3) is 4.67. The third-order valence-electron chi connectivity index (χ3n) is 3.41. The second-order valence-corrected chi connectivity index (χ2v) is 5.57. The van der Waals surface area contributed by atoms with Crippen LogP contribution in [-0.2, 0) is 4.79 Å². The second kappa shape index (κ2) is 8.10. The Balaban J connectivity index is 1.83. The van der Waals surface area contributed by atoms with Crippen molar-refractivity contribution in [3.63, 3.8) is 0 Å². The highest BCUT2D eigenvalue weighted by Gasteiger charge is 2.03. The summed E-state index contributed by atoms with van der Waals surface area (Å²) >= 11 is 4.18. The van der Waals surface area contributed by atoms with E-state index < -0.39 is 0 Å². The standard InChI is InChI=1S/C16H22N2OS/c19-16(9-3-1-2-6-10-20)18-14-11-13-7-4-5-8-15(13)17-12-14/h7-8,11-12,20H,1-6,9-10H2,(H,18,19). The van der Waals surface area contributed by atoms with Crippen LogP contribution >= 0.6 is 12.6 Å². The van der Waals surface area contributed by atoms with E-state index >= 15 is 0 Å².